The first-order valence-electron chi connectivity index (χ1n) is 8.42. The van der Waals surface area contributed by atoms with E-state index in [0.717, 1.165) is 11.1 Å². The molecule has 0 amide bonds. The zero-order valence-corrected chi connectivity index (χ0v) is 15.2. The van der Waals surface area contributed by atoms with Crippen LogP contribution >= 0.6 is 0 Å². The maximum atomic E-state index is 13.0. The van der Waals surface area contributed by atoms with Gasteiger partial charge in [-0.1, -0.05) is 12.1 Å². The van der Waals surface area contributed by atoms with Gasteiger partial charge in [0.2, 0.25) is 5.89 Å². The van der Waals surface area contributed by atoms with Gasteiger partial charge in [-0.3, -0.25) is 0 Å². The number of rotatable bonds is 6. The van der Waals surface area contributed by atoms with Gasteiger partial charge in [0.15, 0.2) is 12.7 Å². The molecule has 6 nitrogen and oxygen atoms in total. The average molecular weight is 370 g/mol. The molecule has 0 saturated heterocycles. The molecule has 0 aliphatic rings. The second kappa shape index (κ2) is 7.99. The van der Waals surface area contributed by atoms with Crippen molar-refractivity contribution < 1.29 is 23.1 Å². The van der Waals surface area contributed by atoms with Crippen LogP contribution in [0.5, 0.6) is 5.75 Å². The van der Waals surface area contributed by atoms with Crippen LogP contribution in [0.3, 0.4) is 0 Å². The lowest BCUT2D eigenvalue weighted by Gasteiger charge is -2.12. The maximum absolute atomic E-state index is 13.0. The molecular formula is C20H19FN2O4. The number of hydrogen-bond acceptors (Lipinski definition) is 6. The number of ether oxygens (including phenoxy) is 2. The maximum Gasteiger partial charge on any atom is 0.344 e. The number of aromatic nitrogens is 2. The molecular weight excluding hydrogens is 351 g/mol. The van der Waals surface area contributed by atoms with Crippen LogP contribution in [-0.4, -0.2) is 22.8 Å². The summed E-state index contributed by atoms with van der Waals surface area (Å²) < 4.78 is 29.3. The SMILES string of the molecule is Cc1cccc(OCC(=O)O[C@@H](C)c2nnc(-c3ccc(F)cc3)o2)c1C. The number of benzene rings is 2. The van der Waals surface area contributed by atoms with Crippen LogP contribution < -0.4 is 4.74 Å². The molecule has 7 heteroatoms. The Hall–Kier alpha value is -3.22. The first kappa shape index (κ1) is 18.6. The number of halogens is 1. The molecule has 0 spiro atoms. The van der Waals surface area contributed by atoms with E-state index in [0.29, 0.717) is 11.3 Å². The molecule has 1 heterocycles. The Morgan fingerprint density at radius 1 is 1.15 bits per heavy atom. The van der Waals surface area contributed by atoms with Crippen LogP contribution in [0.1, 0.15) is 30.0 Å². The molecule has 3 aromatic rings. The Balaban J connectivity index is 1.58. The minimum atomic E-state index is -0.735. The first-order chi connectivity index (χ1) is 12.9. The van der Waals surface area contributed by atoms with E-state index in [9.17, 15) is 9.18 Å². The van der Waals surface area contributed by atoms with Crippen molar-refractivity contribution in [2.75, 3.05) is 6.61 Å². The molecule has 0 bridgehead atoms. The molecule has 0 radical (unpaired) electrons. The van der Waals surface area contributed by atoms with Crippen molar-refractivity contribution in [1.82, 2.24) is 10.2 Å². The van der Waals surface area contributed by atoms with Gasteiger partial charge in [-0.05, 0) is 62.2 Å². The summed E-state index contributed by atoms with van der Waals surface area (Å²) in [5, 5.41) is 7.78. The van der Waals surface area contributed by atoms with E-state index in [-0.39, 0.29) is 24.2 Å². The summed E-state index contributed by atoms with van der Waals surface area (Å²) in [6, 6.07) is 11.3. The number of aryl methyl sites for hydroxylation is 1. The van der Waals surface area contributed by atoms with Gasteiger partial charge in [0, 0.05) is 5.56 Å². The summed E-state index contributed by atoms with van der Waals surface area (Å²) in [6.45, 7) is 5.29. The number of hydrogen-bond donors (Lipinski definition) is 0. The van der Waals surface area contributed by atoms with E-state index < -0.39 is 12.1 Å². The van der Waals surface area contributed by atoms with E-state index in [2.05, 4.69) is 10.2 Å². The van der Waals surface area contributed by atoms with Crippen molar-refractivity contribution in [2.24, 2.45) is 0 Å². The van der Waals surface area contributed by atoms with Crippen molar-refractivity contribution in [1.29, 1.82) is 0 Å². The standard InChI is InChI=1S/C20H19FN2O4/c1-12-5-4-6-17(13(12)2)25-11-18(24)26-14(3)19-22-23-20(27-19)15-7-9-16(21)10-8-15/h4-10,14H,11H2,1-3H3/t14-/m0/s1. The molecule has 0 saturated carbocycles. The number of esters is 1. The zero-order valence-electron chi connectivity index (χ0n) is 15.2. The summed E-state index contributed by atoms with van der Waals surface area (Å²) in [7, 11) is 0. The fraction of sp³-hybridized carbons (Fsp3) is 0.250. The summed E-state index contributed by atoms with van der Waals surface area (Å²) in [5.74, 6) is 0.0968. The first-order valence-corrected chi connectivity index (χ1v) is 8.42. The average Bonchev–Trinajstić information content (AvgIpc) is 3.14. The summed E-state index contributed by atoms with van der Waals surface area (Å²) >= 11 is 0. The molecule has 0 unspecified atom stereocenters. The van der Waals surface area contributed by atoms with E-state index in [1.807, 2.05) is 26.0 Å². The van der Waals surface area contributed by atoms with Gasteiger partial charge >= 0.3 is 5.97 Å². The Bertz CT molecular complexity index is 937. The third-order valence-corrected chi connectivity index (χ3v) is 4.09. The van der Waals surface area contributed by atoms with Crippen molar-refractivity contribution >= 4 is 5.97 Å². The third-order valence-electron chi connectivity index (χ3n) is 4.09. The smallest absolute Gasteiger partial charge is 0.344 e. The van der Waals surface area contributed by atoms with Crippen molar-refractivity contribution in [2.45, 2.75) is 26.9 Å². The van der Waals surface area contributed by atoms with Gasteiger partial charge in [0.1, 0.15) is 11.6 Å². The highest BCUT2D eigenvalue weighted by Gasteiger charge is 2.19. The van der Waals surface area contributed by atoms with Gasteiger partial charge in [-0.15, -0.1) is 10.2 Å². The summed E-state index contributed by atoms with van der Waals surface area (Å²) in [5.41, 5.74) is 2.62. The molecule has 2 aromatic carbocycles. The molecule has 1 aromatic heterocycles. The van der Waals surface area contributed by atoms with Crippen LogP contribution in [0.2, 0.25) is 0 Å². The van der Waals surface area contributed by atoms with Gasteiger partial charge in [0.05, 0.1) is 0 Å². The Kier molecular flexibility index (Phi) is 5.49. The van der Waals surface area contributed by atoms with Crippen LogP contribution in [0.4, 0.5) is 4.39 Å². The summed E-state index contributed by atoms with van der Waals surface area (Å²) in [6.07, 6.45) is -0.735. The second-order valence-corrected chi connectivity index (χ2v) is 6.07. The van der Waals surface area contributed by atoms with E-state index in [1.54, 1.807) is 13.0 Å². The van der Waals surface area contributed by atoms with Crippen LogP contribution in [0.25, 0.3) is 11.5 Å². The molecule has 0 aliphatic carbocycles. The third kappa shape index (κ3) is 4.49. The fourth-order valence-electron chi connectivity index (χ4n) is 2.41. The molecule has 0 fully saturated rings. The van der Waals surface area contributed by atoms with E-state index >= 15 is 0 Å². The monoisotopic (exact) mass is 370 g/mol. The van der Waals surface area contributed by atoms with Crippen LogP contribution in [-0.2, 0) is 9.53 Å². The van der Waals surface area contributed by atoms with E-state index in [1.165, 1.54) is 24.3 Å². The van der Waals surface area contributed by atoms with Gasteiger partial charge in [-0.25, -0.2) is 9.18 Å². The number of carbonyl (C=O) groups is 1. The minimum Gasteiger partial charge on any atom is -0.482 e. The highest BCUT2D eigenvalue weighted by atomic mass is 19.1. The molecule has 0 N–H and O–H groups in total. The van der Waals surface area contributed by atoms with Crippen LogP contribution in [0.15, 0.2) is 46.9 Å². The Morgan fingerprint density at radius 3 is 2.63 bits per heavy atom. The Labute approximate surface area is 155 Å². The molecule has 3 rings (SSSR count). The lowest BCUT2D eigenvalue weighted by atomic mass is 10.1. The highest BCUT2D eigenvalue weighted by Crippen LogP contribution is 2.23. The van der Waals surface area contributed by atoms with Gasteiger partial charge in [-0.2, -0.15) is 0 Å². The fourth-order valence-corrected chi connectivity index (χ4v) is 2.41. The van der Waals surface area contributed by atoms with Gasteiger partial charge in [0.25, 0.3) is 5.89 Å². The highest BCUT2D eigenvalue weighted by molar-refractivity contribution is 5.71. The van der Waals surface area contributed by atoms with Crippen molar-refractivity contribution in [3.8, 4) is 17.2 Å². The van der Waals surface area contributed by atoms with Crippen molar-refractivity contribution in [3.63, 3.8) is 0 Å². The molecule has 0 aliphatic heterocycles. The molecule has 27 heavy (non-hydrogen) atoms. The Morgan fingerprint density at radius 2 is 1.89 bits per heavy atom. The molecule has 140 valence electrons. The number of nitrogens with zero attached hydrogens (tertiary/aromatic N) is 2. The lowest BCUT2D eigenvalue weighted by molar-refractivity contribution is -0.152. The predicted octanol–water partition coefficient (Wildman–Crippen LogP) is 4.18. The van der Waals surface area contributed by atoms with Crippen molar-refractivity contribution in [3.05, 3.63) is 65.3 Å². The zero-order chi connectivity index (χ0) is 19.4. The lowest BCUT2D eigenvalue weighted by Crippen LogP contribution is -2.17. The normalized spacial score (nSPS) is 11.9. The van der Waals surface area contributed by atoms with E-state index in [4.69, 9.17) is 13.9 Å². The molecule has 1 atom stereocenters. The predicted molar refractivity (Wildman–Crippen MR) is 95.6 cm³/mol. The quantitative estimate of drug-likeness (QED) is 0.606. The number of carbonyl (C=O) groups excluding carboxylic acids is 1. The van der Waals surface area contributed by atoms with Gasteiger partial charge < -0.3 is 13.9 Å². The van der Waals surface area contributed by atoms with Crippen LogP contribution in [0, 0.1) is 19.7 Å². The second-order valence-electron chi connectivity index (χ2n) is 6.07. The summed E-state index contributed by atoms with van der Waals surface area (Å²) in [4.78, 5) is 12.0. The minimum absolute atomic E-state index is 0.148. The largest absolute Gasteiger partial charge is 0.482 e. The topological polar surface area (TPSA) is 74.5 Å².